The maximum Gasteiger partial charge on any atom is 0.237 e. The lowest BCUT2D eigenvalue weighted by atomic mass is 10.3. The van der Waals surface area contributed by atoms with Gasteiger partial charge in [0.25, 0.3) is 0 Å². The Kier molecular flexibility index (Phi) is 6.76. The molecular formula is C20H20ClFN4O2S. The number of nitrogens with one attached hydrogen (secondary N) is 1. The van der Waals surface area contributed by atoms with Crippen molar-refractivity contribution in [1.29, 1.82) is 0 Å². The van der Waals surface area contributed by atoms with Crippen molar-refractivity contribution in [2.75, 3.05) is 5.32 Å². The number of carbonyl (C=O) groups is 1. The zero-order valence-corrected chi connectivity index (χ0v) is 17.7. The summed E-state index contributed by atoms with van der Waals surface area (Å²) in [7, 11) is 1.81. The minimum atomic E-state index is -0.435. The van der Waals surface area contributed by atoms with E-state index in [1.54, 1.807) is 23.6 Å². The highest BCUT2D eigenvalue weighted by Gasteiger charge is 2.22. The fourth-order valence-corrected chi connectivity index (χ4v) is 3.56. The highest BCUT2D eigenvalue weighted by molar-refractivity contribution is 8.00. The molecule has 29 heavy (non-hydrogen) atoms. The molecule has 0 radical (unpaired) electrons. The zero-order valence-electron chi connectivity index (χ0n) is 16.1. The van der Waals surface area contributed by atoms with E-state index >= 15 is 0 Å². The highest BCUT2D eigenvalue weighted by atomic mass is 35.5. The summed E-state index contributed by atoms with van der Waals surface area (Å²) in [5.41, 5.74) is 0.532. The molecule has 6 nitrogen and oxygen atoms in total. The molecule has 0 aliphatic heterocycles. The minimum Gasteiger partial charge on any atom is -0.481 e. The van der Waals surface area contributed by atoms with E-state index in [-0.39, 0.29) is 17.8 Å². The van der Waals surface area contributed by atoms with Crippen molar-refractivity contribution in [2.45, 2.75) is 30.4 Å². The van der Waals surface area contributed by atoms with Gasteiger partial charge in [0.2, 0.25) is 5.91 Å². The van der Waals surface area contributed by atoms with Crippen LogP contribution in [-0.4, -0.2) is 25.9 Å². The molecular weight excluding hydrogens is 415 g/mol. The van der Waals surface area contributed by atoms with E-state index in [2.05, 4.69) is 15.5 Å². The van der Waals surface area contributed by atoms with Crippen LogP contribution in [0.4, 0.5) is 10.1 Å². The maximum atomic E-state index is 13.0. The molecule has 0 fully saturated rings. The van der Waals surface area contributed by atoms with E-state index in [0.717, 1.165) is 0 Å². The average Bonchev–Trinajstić information content (AvgIpc) is 3.05. The molecule has 0 bridgehead atoms. The van der Waals surface area contributed by atoms with Gasteiger partial charge in [-0.15, -0.1) is 10.2 Å². The second-order valence-corrected chi connectivity index (χ2v) is 8.06. The van der Waals surface area contributed by atoms with Gasteiger partial charge in [0.1, 0.15) is 11.6 Å². The van der Waals surface area contributed by atoms with Crippen molar-refractivity contribution in [3.8, 4) is 5.75 Å². The van der Waals surface area contributed by atoms with Crippen LogP contribution in [0.25, 0.3) is 0 Å². The minimum absolute atomic E-state index is 0.216. The monoisotopic (exact) mass is 434 g/mol. The second kappa shape index (κ2) is 9.28. The van der Waals surface area contributed by atoms with Gasteiger partial charge in [0.15, 0.2) is 17.1 Å². The fourth-order valence-electron chi connectivity index (χ4n) is 2.56. The Labute approximate surface area is 177 Å². The summed E-state index contributed by atoms with van der Waals surface area (Å²) in [6.07, 6.45) is -0.384. The molecule has 3 aromatic rings. The number of aromatic nitrogens is 3. The Morgan fingerprint density at radius 2 is 1.86 bits per heavy atom. The SMILES string of the molecule is CC(Sc1nnc(C(C)Oc2ccccc2Cl)n1C)C(=O)Nc1ccc(F)cc1. The number of para-hydroxylation sites is 1. The first-order valence-corrected chi connectivity index (χ1v) is 10.1. The number of thioether (sulfide) groups is 1. The van der Waals surface area contributed by atoms with Crippen molar-refractivity contribution < 1.29 is 13.9 Å². The summed E-state index contributed by atoms with van der Waals surface area (Å²) in [6, 6.07) is 12.8. The van der Waals surface area contributed by atoms with Crippen LogP contribution in [-0.2, 0) is 11.8 Å². The molecule has 0 aliphatic carbocycles. The van der Waals surface area contributed by atoms with Gasteiger partial charge < -0.3 is 14.6 Å². The number of rotatable bonds is 7. The number of halogens is 2. The van der Waals surface area contributed by atoms with Crippen molar-refractivity contribution in [3.63, 3.8) is 0 Å². The van der Waals surface area contributed by atoms with Gasteiger partial charge >= 0.3 is 0 Å². The molecule has 1 aromatic heterocycles. The molecule has 0 saturated heterocycles. The van der Waals surface area contributed by atoms with Crippen molar-refractivity contribution in [2.24, 2.45) is 7.05 Å². The van der Waals surface area contributed by atoms with Crippen LogP contribution >= 0.6 is 23.4 Å². The van der Waals surface area contributed by atoms with E-state index in [0.29, 0.717) is 27.4 Å². The summed E-state index contributed by atoms with van der Waals surface area (Å²) in [5, 5.41) is 11.8. The normalized spacial score (nSPS) is 13.0. The number of amides is 1. The Bertz CT molecular complexity index is 996. The van der Waals surface area contributed by atoms with Gasteiger partial charge in [-0.05, 0) is 50.2 Å². The smallest absolute Gasteiger partial charge is 0.237 e. The van der Waals surface area contributed by atoms with Gasteiger partial charge in [-0.25, -0.2) is 4.39 Å². The molecule has 0 spiro atoms. The summed E-state index contributed by atoms with van der Waals surface area (Å²) in [4.78, 5) is 12.4. The third-order valence-electron chi connectivity index (χ3n) is 4.14. The lowest BCUT2D eigenvalue weighted by Crippen LogP contribution is -2.23. The summed E-state index contributed by atoms with van der Waals surface area (Å²) in [6.45, 7) is 3.62. The summed E-state index contributed by atoms with van der Waals surface area (Å²) >= 11 is 7.41. The van der Waals surface area contributed by atoms with Gasteiger partial charge in [0.05, 0.1) is 10.3 Å². The molecule has 0 aliphatic rings. The van der Waals surface area contributed by atoms with Crippen LogP contribution in [0, 0.1) is 5.82 Å². The number of carbonyl (C=O) groups excluding carboxylic acids is 1. The highest BCUT2D eigenvalue weighted by Crippen LogP contribution is 2.29. The van der Waals surface area contributed by atoms with E-state index in [1.807, 2.05) is 26.1 Å². The molecule has 1 N–H and O–H groups in total. The van der Waals surface area contributed by atoms with Gasteiger partial charge in [0, 0.05) is 12.7 Å². The number of hydrogen-bond donors (Lipinski definition) is 1. The average molecular weight is 435 g/mol. The lowest BCUT2D eigenvalue weighted by molar-refractivity contribution is -0.115. The van der Waals surface area contributed by atoms with Crippen LogP contribution in [0.2, 0.25) is 5.02 Å². The van der Waals surface area contributed by atoms with E-state index in [1.165, 1.54) is 36.0 Å². The van der Waals surface area contributed by atoms with Crippen molar-refractivity contribution >= 4 is 35.0 Å². The first kappa shape index (κ1) is 21.1. The second-order valence-electron chi connectivity index (χ2n) is 6.35. The largest absolute Gasteiger partial charge is 0.481 e. The van der Waals surface area contributed by atoms with E-state index < -0.39 is 5.25 Å². The topological polar surface area (TPSA) is 69.0 Å². The molecule has 1 amide bonds. The molecule has 9 heteroatoms. The number of hydrogen-bond acceptors (Lipinski definition) is 5. The first-order valence-electron chi connectivity index (χ1n) is 8.88. The molecule has 152 valence electrons. The lowest BCUT2D eigenvalue weighted by Gasteiger charge is -2.15. The first-order chi connectivity index (χ1) is 13.8. The molecule has 1 heterocycles. The molecule has 2 atom stereocenters. The fraction of sp³-hybridized carbons (Fsp3) is 0.250. The standard InChI is InChI=1S/C20H20ClFN4O2S/c1-12(28-17-7-5-4-6-16(17)21)18-24-25-20(26(18)3)29-13(2)19(27)23-15-10-8-14(22)9-11-15/h4-13H,1-3H3,(H,23,27). The van der Waals surface area contributed by atoms with E-state index in [9.17, 15) is 9.18 Å². The number of nitrogens with zero attached hydrogens (tertiary/aromatic N) is 3. The van der Waals surface area contributed by atoms with Crippen LogP contribution in [0.5, 0.6) is 5.75 Å². The third-order valence-corrected chi connectivity index (χ3v) is 5.58. The number of benzene rings is 2. The van der Waals surface area contributed by atoms with Crippen LogP contribution in [0.15, 0.2) is 53.7 Å². The van der Waals surface area contributed by atoms with Crippen LogP contribution in [0.1, 0.15) is 25.8 Å². The van der Waals surface area contributed by atoms with Crippen LogP contribution in [0.3, 0.4) is 0 Å². The maximum absolute atomic E-state index is 13.0. The number of ether oxygens (including phenoxy) is 1. The van der Waals surface area contributed by atoms with Crippen molar-refractivity contribution in [3.05, 3.63) is 65.2 Å². The quantitative estimate of drug-likeness (QED) is 0.537. The molecule has 0 saturated carbocycles. The Morgan fingerprint density at radius 3 is 2.55 bits per heavy atom. The van der Waals surface area contributed by atoms with Gasteiger partial charge in [-0.1, -0.05) is 35.5 Å². The molecule has 3 rings (SSSR count). The van der Waals surface area contributed by atoms with Crippen LogP contribution < -0.4 is 10.1 Å². The predicted molar refractivity (Wildman–Crippen MR) is 112 cm³/mol. The Balaban J connectivity index is 1.64. The third kappa shape index (κ3) is 5.27. The van der Waals surface area contributed by atoms with E-state index in [4.69, 9.17) is 16.3 Å². The molecule has 2 unspecified atom stereocenters. The van der Waals surface area contributed by atoms with Gasteiger partial charge in [-0.3, -0.25) is 4.79 Å². The van der Waals surface area contributed by atoms with Crippen molar-refractivity contribution in [1.82, 2.24) is 14.8 Å². The number of anilines is 1. The summed E-state index contributed by atoms with van der Waals surface area (Å²) < 4.78 is 20.7. The predicted octanol–water partition coefficient (Wildman–Crippen LogP) is 4.87. The Morgan fingerprint density at radius 1 is 1.17 bits per heavy atom. The summed E-state index contributed by atoms with van der Waals surface area (Å²) in [5.74, 6) is 0.598. The molecule has 2 aromatic carbocycles. The zero-order chi connectivity index (χ0) is 21.0. The van der Waals surface area contributed by atoms with Gasteiger partial charge in [-0.2, -0.15) is 0 Å². The Hall–Kier alpha value is -2.58.